The summed E-state index contributed by atoms with van der Waals surface area (Å²) < 4.78 is 10.8. The monoisotopic (exact) mass is 253 g/mol. The molecular formula is C13H19NO4. The first-order valence-electron chi connectivity index (χ1n) is 6.15. The van der Waals surface area contributed by atoms with Crippen LogP contribution in [-0.2, 0) is 11.3 Å². The molecule has 0 radical (unpaired) electrons. The maximum Gasteiger partial charge on any atom is 0.371 e. The average Bonchev–Trinajstić information content (AvgIpc) is 2.66. The van der Waals surface area contributed by atoms with Crippen molar-refractivity contribution in [2.75, 3.05) is 13.2 Å². The summed E-state index contributed by atoms with van der Waals surface area (Å²) in [7, 11) is 0. The predicted octanol–water partition coefficient (Wildman–Crippen LogP) is 1.90. The Kier molecular flexibility index (Phi) is 3.73. The van der Waals surface area contributed by atoms with Crippen LogP contribution in [-0.4, -0.2) is 41.3 Å². The van der Waals surface area contributed by atoms with Gasteiger partial charge in [-0.05, 0) is 26.8 Å². The number of rotatable bonds is 3. The van der Waals surface area contributed by atoms with E-state index in [0.29, 0.717) is 25.0 Å². The molecule has 0 aromatic carbocycles. The Morgan fingerprint density at radius 3 is 2.89 bits per heavy atom. The highest BCUT2D eigenvalue weighted by molar-refractivity contribution is 5.84. The summed E-state index contributed by atoms with van der Waals surface area (Å²) in [5.74, 6) is -0.331. The second-order valence-electron chi connectivity index (χ2n) is 4.92. The minimum absolute atomic E-state index is 0.0106. The van der Waals surface area contributed by atoms with Gasteiger partial charge in [-0.25, -0.2) is 4.79 Å². The molecule has 2 unspecified atom stereocenters. The number of aromatic carboxylic acids is 1. The van der Waals surface area contributed by atoms with Crippen molar-refractivity contribution < 1.29 is 19.1 Å². The third kappa shape index (κ3) is 2.73. The Morgan fingerprint density at radius 1 is 1.56 bits per heavy atom. The van der Waals surface area contributed by atoms with Crippen LogP contribution in [0.25, 0.3) is 0 Å². The highest BCUT2D eigenvalue weighted by atomic mass is 16.5. The average molecular weight is 253 g/mol. The fourth-order valence-electron chi connectivity index (χ4n) is 2.19. The molecule has 1 N–H and O–H groups in total. The smallest absolute Gasteiger partial charge is 0.371 e. The highest BCUT2D eigenvalue weighted by Crippen LogP contribution is 2.20. The van der Waals surface area contributed by atoms with Gasteiger partial charge in [0.15, 0.2) is 0 Å². The first kappa shape index (κ1) is 13.1. The Balaban J connectivity index is 2.10. The third-order valence-corrected chi connectivity index (χ3v) is 3.34. The maximum absolute atomic E-state index is 10.8. The number of furan rings is 1. The number of aryl methyl sites for hydroxylation is 1. The van der Waals surface area contributed by atoms with Gasteiger partial charge < -0.3 is 14.3 Å². The van der Waals surface area contributed by atoms with E-state index >= 15 is 0 Å². The van der Waals surface area contributed by atoms with E-state index < -0.39 is 5.97 Å². The zero-order valence-corrected chi connectivity index (χ0v) is 11.0. The Hall–Kier alpha value is -1.33. The fourth-order valence-corrected chi connectivity index (χ4v) is 2.19. The SMILES string of the molecule is Cc1oc(C(=O)O)cc1CN1CC(C)OCC1C. The summed E-state index contributed by atoms with van der Waals surface area (Å²) in [4.78, 5) is 13.1. The van der Waals surface area contributed by atoms with E-state index in [2.05, 4.69) is 11.8 Å². The lowest BCUT2D eigenvalue weighted by molar-refractivity contribution is -0.0527. The number of hydrogen-bond donors (Lipinski definition) is 1. The molecule has 1 fully saturated rings. The molecule has 100 valence electrons. The number of ether oxygens (including phenoxy) is 1. The normalized spacial score (nSPS) is 25.3. The van der Waals surface area contributed by atoms with Crippen LogP contribution in [0.4, 0.5) is 0 Å². The van der Waals surface area contributed by atoms with Gasteiger partial charge in [0.25, 0.3) is 0 Å². The summed E-state index contributed by atoms with van der Waals surface area (Å²) in [5.41, 5.74) is 0.938. The van der Waals surface area contributed by atoms with Crippen molar-refractivity contribution in [2.24, 2.45) is 0 Å². The molecular weight excluding hydrogens is 234 g/mol. The molecule has 1 saturated heterocycles. The van der Waals surface area contributed by atoms with E-state index in [1.54, 1.807) is 13.0 Å². The number of hydrogen-bond acceptors (Lipinski definition) is 4. The van der Waals surface area contributed by atoms with Crippen LogP contribution in [0, 0.1) is 6.92 Å². The van der Waals surface area contributed by atoms with Crippen molar-refractivity contribution >= 4 is 5.97 Å². The molecule has 1 aliphatic heterocycles. The van der Waals surface area contributed by atoms with Crippen LogP contribution in [0.3, 0.4) is 0 Å². The Labute approximate surface area is 106 Å². The maximum atomic E-state index is 10.8. The molecule has 1 aromatic heterocycles. The molecule has 1 aromatic rings. The van der Waals surface area contributed by atoms with Crippen LogP contribution in [0.2, 0.25) is 0 Å². The van der Waals surface area contributed by atoms with Crippen molar-refractivity contribution in [2.45, 2.75) is 39.5 Å². The minimum atomic E-state index is -1.02. The van der Waals surface area contributed by atoms with Crippen molar-refractivity contribution in [3.05, 3.63) is 23.2 Å². The second kappa shape index (κ2) is 5.12. The van der Waals surface area contributed by atoms with E-state index in [9.17, 15) is 4.79 Å². The summed E-state index contributed by atoms with van der Waals surface area (Å²) >= 11 is 0. The number of carboxylic acid groups (broad SMARTS) is 1. The van der Waals surface area contributed by atoms with Crippen LogP contribution >= 0.6 is 0 Å². The third-order valence-electron chi connectivity index (χ3n) is 3.34. The lowest BCUT2D eigenvalue weighted by Crippen LogP contribution is -2.46. The van der Waals surface area contributed by atoms with E-state index in [-0.39, 0.29) is 11.9 Å². The minimum Gasteiger partial charge on any atom is -0.475 e. The van der Waals surface area contributed by atoms with Crippen molar-refractivity contribution in [3.8, 4) is 0 Å². The van der Waals surface area contributed by atoms with E-state index in [4.69, 9.17) is 14.3 Å². The number of morpholine rings is 1. The second-order valence-corrected chi connectivity index (χ2v) is 4.92. The van der Waals surface area contributed by atoms with E-state index in [1.165, 1.54) is 0 Å². The van der Waals surface area contributed by atoms with Gasteiger partial charge in [-0.3, -0.25) is 4.90 Å². The molecule has 0 bridgehead atoms. The molecule has 5 heteroatoms. The largest absolute Gasteiger partial charge is 0.475 e. The first-order valence-corrected chi connectivity index (χ1v) is 6.15. The van der Waals surface area contributed by atoms with Gasteiger partial charge in [-0.1, -0.05) is 0 Å². The van der Waals surface area contributed by atoms with Crippen LogP contribution in [0.1, 0.15) is 35.7 Å². The lowest BCUT2D eigenvalue weighted by Gasteiger charge is -2.36. The number of carboxylic acids is 1. The molecule has 2 atom stereocenters. The molecule has 0 saturated carbocycles. The predicted molar refractivity (Wildman–Crippen MR) is 65.7 cm³/mol. The quantitative estimate of drug-likeness (QED) is 0.891. The van der Waals surface area contributed by atoms with E-state index in [0.717, 1.165) is 12.1 Å². The van der Waals surface area contributed by atoms with Crippen molar-refractivity contribution in [1.29, 1.82) is 0 Å². The molecule has 2 heterocycles. The van der Waals surface area contributed by atoms with Crippen LogP contribution in [0.15, 0.2) is 10.5 Å². The van der Waals surface area contributed by atoms with Crippen molar-refractivity contribution in [1.82, 2.24) is 4.90 Å². The zero-order valence-electron chi connectivity index (χ0n) is 11.0. The van der Waals surface area contributed by atoms with Gasteiger partial charge in [-0.2, -0.15) is 0 Å². The van der Waals surface area contributed by atoms with Gasteiger partial charge in [0, 0.05) is 24.7 Å². The molecule has 0 amide bonds. The van der Waals surface area contributed by atoms with Gasteiger partial charge in [-0.15, -0.1) is 0 Å². The lowest BCUT2D eigenvalue weighted by atomic mass is 10.1. The van der Waals surface area contributed by atoms with Gasteiger partial charge >= 0.3 is 5.97 Å². The number of nitrogens with zero attached hydrogens (tertiary/aromatic N) is 1. The molecule has 18 heavy (non-hydrogen) atoms. The summed E-state index contributed by atoms with van der Waals surface area (Å²) in [6, 6.07) is 1.95. The summed E-state index contributed by atoms with van der Waals surface area (Å²) in [6.45, 7) is 8.23. The Bertz CT molecular complexity index is 440. The fraction of sp³-hybridized carbons (Fsp3) is 0.615. The molecule has 5 nitrogen and oxygen atoms in total. The highest BCUT2D eigenvalue weighted by Gasteiger charge is 2.25. The summed E-state index contributed by atoms with van der Waals surface area (Å²) in [5, 5.41) is 8.90. The standard InChI is InChI=1S/C13H19NO4/c1-8-7-17-9(2)5-14(8)6-11-4-12(13(15)16)18-10(11)3/h4,8-9H,5-7H2,1-3H3,(H,15,16). The van der Waals surface area contributed by atoms with Gasteiger partial charge in [0.05, 0.1) is 12.7 Å². The van der Waals surface area contributed by atoms with Gasteiger partial charge in [0.2, 0.25) is 5.76 Å². The topological polar surface area (TPSA) is 62.9 Å². The van der Waals surface area contributed by atoms with Crippen LogP contribution in [0.5, 0.6) is 0 Å². The summed E-state index contributed by atoms with van der Waals surface area (Å²) in [6.07, 6.45) is 0.215. The molecule has 1 aliphatic rings. The number of carbonyl (C=O) groups is 1. The van der Waals surface area contributed by atoms with Gasteiger partial charge in [0.1, 0.15) is 5.76 Å². The van der Waals surface area contributed by atoms with Crippen LogP contribution < -0.4 is 0 Å². The zero-order chi connectivity index (χ0) is 13.3. The Morgan fingerprint density at radius 2 is 2.28 bits per heavy atom. The first-order chi connectivity index (χ1) is 8.47. The molecule has 2 rings (SSSR count). The van der Waals surface area contributed by atoms with E-state index in [1.807, 2.05) is 6.92 Å². The molecule has 0 spiro atoms. The molecule has 0 aliphatic carbocycles. The van der Waals surface area contributed by atoms with Crippen molar-refractivity contribution in [3.63, 3.8) is 0 Å².